The molecular formula is C28H29F5N3O6+. The van der Waals surface area contributed by atoms with Crippen molar-refractivity contribution in [2.75, 3.05) is 31.8 Å². The maximum atomic E-state index is 15.5. The van der Waals surface area contributed by atoms with E-state index in [-0.39, 0.29) is 67.1 Å². The maximum absolute atomic E-state index is 15.5. The van der Waals surface area contributed by atoms with Gasteiger partial charge >= 0.3 is 12.3 Å². The number of carbonyl (C=O) groups is 2. The number of fused-ring (bicyclic) bond motifs is 1. The van der Waals surface area contributed by atoms with Crippen molar-refractivity contribution in [1.82, 2.24) is 9.88 Å². The number of halogens is 5. The second-order valence-corrected chi connectivity index (χ2v) is 9.86. The molecule has 1 amide bonds. The van der Waals surface area contributed by atoms with E-state index >= 15 is 4.39 Å². The number of rotatable bonds is 9. The largest absolute Gasteiger partial charge is 0.694 e. The van der Waals surface area contributed by atoms with Gasteiger partial charge in [-0.3, -0.25) is 14.4 Å². The van der Waals surface area contributed by atoms with E-state index in [9.17, 15) is 37.1 Å². The molecule has 1 aliphatic heterocycles. The average molecular weight is 599 g/mol. The number of nitrogens with zero attached hydrogens (tertiary/aromatic N) is 2. The molecule has 0 saturated carbocycles. The Morgan fingerprint density at radius 1 is 1.19 bits per heavy atom. The Morgan fingerprint density at radius 2 is 1.88 bits per heavy atom. The number of aliphatic hydroxyl groups is 1. The number of piperidine rings is 1. The van der Waals surface area contributed by atoms with Crippen LogP contribution in [0.3, 0.4) is 0 Å². The van der Waals surface area contributed by atoms with E-state index in [1.807, 2.05) is 0 Å². The van der Waals surface area contributed by atoms with Gasteiger partial charge in [0.25, 0.3) is 11.7 Å². The first-order valence-corrected chi connectivity index (χ1v) is 13.0. The normalized spacial score (nSPS) is 14.2. The van der Waals surface area contributed by atoms with Gasteiger partial charge in [-0.1, -0.05) is 13.2 Å². The molecule has 42 heavy (non-hydrogen) atoms. The van der Waals surface area contributed by atoms with Crippen LogP contribution < -0.4 is 20.4 Å². The Morgan fingerprint density at radius 3 is 2.45 bits per heavy atom. The number of aryl methyl sites for hydroxylation is 2. The molecule has 3 aromatic rings. The summed E-state index contributed by atoms with van der Waals surface area (Å²) < 4.78 is 76.3. The molecule has 2 aromatic carbocycles. The highest BCUT2D eigenvalue weighted by Crippen LogP contribution is 2.40. The fourth-order valence-corrected chi connectivity index (χ4v) is 5.12. The number of ether oxygens (including phenoxy) is 2. The lowest BCUT2D eigenvalue weighted by atomic mass is 9.96. The second kappa shape index (κ2) is 12.2. The van der Waals surface area contributed by atoms with Crippen molar-refractivity contribution in [2.24, 2.45) is 5.92 Å². The van der Waals surface area contributed by atoms with Crippen LogP contribution in [0.5, 0.6) is 11.5 Å². The van der Waals surface area contributed by atoms with Gasteiger partial charge in [0, 0.05) is 38.0 Å². The number of nitrogens with one attached hydrogen (secondary N) is 1. The molecule has 1 saturated heterocycles. The van der Waals surface area contributed by atoms with Gasteiger partial charge in [-0.25, -0.2) is 8.78 Å². The summed E-state index contributed by atoms with van der Waals surface area (Å²) in [6.45, 7) is 0.664. The standard InChI is InChI=1S/C28H28F5N3O6/c1-15-11-18(42-28(31,32)33)4-3-17(15)13-34-26(38)20-14-36(10-7-29)22-19(24(20)37)12-21(30)23(25(22)41-2)35-8-5-16(6-9-35)27(39)40/h3-4,11-12,14,16H,5-10,13H2,1-2H3,(H,34,38)(H,39,40)/p+1. The minimum Gasteiger partial charge on any atom is -0.500 e. The summed E-state index contributed by atoms with van der Waals surface area (Å²) in [5, 5.41) is 11.6. The van der Waals surface area contributed by atoms with Gasteiger partial charge in [0.05, 0.1) is 30.5 Å². The summed E-state index contributed by atoms with van der Waals surface area (Å²) in [6.07, 6.45) is -3.05. The Hall–Kier alpha value is -4.36. The van der Waals surface area contributed by atoms with Gasteiger partial charge in [0.15, 0.2) is 11.6 Å². The van der Waals surface area contributed by atoms with Gasteiger partial charge in [0.1, 0.15) is 17.9 Å². The predicted molar refractivity (Wildman–Crippen MR) is 143 cm³/mol. The number of methoxy groups -OCH3 is 1. The van der Waals surface area contributed by atoms with Crippen LogP contribution in [-0.4, -0.2) is 59.5 Å². The highest BCUT2D eigenvalue weighted by atomic mass is 19.4. The molecule has 0 atom stereocenters. The number of hydrogen-bond donors (Lipinski definition) is 2. The molecule has 1 fully saturated rings. The zero-order valence-corrected chi connectivity index (χ0v) is 22.7. The summed E-state index contributed by atoms with van der Waals surface area (Å²) in [7, 11) is 1.27. The Kier molecular flexibility index (Phi) is 8.92. The molecule has 0 bridgehead atoms. The highest BCUT2D eigenvalue weighted by molar-refractivity contribution is 5.99. The van der Waals surface area contributed by atoms with E-state index in [0.29, 0.717) is 11.1 Å². The summed E-state index contributed by atoms with van der Waals surface area (Å²) in [4.78, 5) is 39.5. The number of aliphatic carboxylic acids is 1. The molecule has 0 radical (unpaired) electrons. The number of aromatic nitrogens is 1. The number of alkyl halides is 4. The Labute approximate surface area is 236 Å². The smallest absolute Gasteiger partial charge is 0.500 e. The quantitative estimate of drug-likeness (QED) is 0.279. The molecule has 14 heteroatoms. The number of carboxylic acids is 1. The first kappa shape index (κ1) is 30.6. The number of carboxylic acid groups (broad SMARTS) is 1. The molecular weight excluding hydrogens is 569 g/mol. The third-order valence-electron chi connectivity index (χ3n) is 7.20. The number of pyridine rings is 1. The summed E-state index contributed by atoms with van der Waals surface area (Å²) in [6, 6.07) is 4.67. The van der Waals surface area contributed by atoms with Crippen LogP contribution in [-0.2, 0) is 17.9 Å². The van der Waals surface area contributed by atoms with Gasteiger partial charge in [0.2, 0.25) is 5.43 Å². The maximum Gasteiger partial charge on any atom is 0.694 e. The molecule has 0 unspecified atom stereocenters. The third kappa shape index (κ3) is 6.42. The molecule has 3 N–H and O–H groups in total. The lowest BCUT2D eigenvalue weighted by molar-refractivity contribution is -0.368. The molecule has 226 valence electrons. The third-order valence-corrected chi connectivity index (χ3v) is 7.20. The van der Waals surface area contributed by atoms with Gasteiger partial charge in [-0.05, 0) is 43.0 Å². The number of benzene rings is 2. The molecule has 1 aliphatic rings. The lowest BCUT2D eigenvalue weighted by Gasteiger charge is -2.33. The van der Waals surface area contributed by atoms with Crippen molar-refractivity contribution in [1.29, 1.82) is 0 Å². The number of amides is 1. The van der Waals surface area contributed by atoms with Crippen molar-refractivity contribution in [3.8, 4) is 11.5 Å². The van der Waals surface area contributed by atoms with Crippen LogP contribution in [0.15, 0.2) is 35.3 Å². The molecule has 1 aromatic heterocycles. The minimum absolute atomic E-state index is 0.00854. The molecule has 0 spiro atoms. The molecule has 4 rings (SSSR count). The van der Waals surface area contributed by atoms with Crippen molar-refractivity contribution in [3.63, 3.8) is 0 Å². The van der Waals surface area contributed by atoms with Crippen LogP contribution in [0, 0.1) is 18.7 Å². The topological polar surface area (TPSA) is 114 Å². The van der Waals surface area contributed by atoms with Gasteiger partial charge in [-0.15, -0.1) is 0 Å². The number of carbonyl (C=O) groups excluding carboxylic acids is 1. The van der Waals surface area contributed by atoms with E-state index in [2.05, 4.69) is 10.1 Å². The second-order valence-electron chi connectivity index (χ2n) is 9.86. The predicted octanol–water partition coefficient (Wildman–Crippen LogP) is 4.42. The molecule has 9 nitrogen and oxygen atoms in total. The Balaban J connectivity index is 1.68. The highest BCUT2D eigenvalue weighted by Gasteiger charge is 2.38. The summed E-state index contributed by atoms with van der Waals surface area (Å²) >= 11 is 0. The average Bonchev–Trinajstić information content (AvgIpc) is 2.92. The monoisotopic (exact) mass is 598 g/mol. The van der Waals surface area contributed by atoms with Crippen molar-refractivity contribution in [3.05, 3.63) is 63.2 Å². The first-order chi connectivity index (χ1) is 19.8. The fourth-order valence-electron chi connectivity index (χ4n) is 5.12. The van der Waals surface area contributed by atoms with Crippen molar-refractivity contribution < 1.29 is 46.1 Å². The SMILES string of the molecule is COc1c(N2CCC(C(=O)O)CC2)c(F)cc2c(=O)c(C(=O)NCc3ccc([OH+]C(F)(F)F)cc3C)cn(CCF)c12. The molecule has 2 heterocycles. The van der Waals surface area contributed by atoms with E-state index in [1.165, 1.54) is 30.7 Å². The van der Waals surface area contributed by atoms with E-state index in [0.717, 1.165) is 18.3 Å². The summed E-state index contributed by atoms with van der Waals surface area (Å²) in [5.41, 5.74) is -0.252. The zero-order valence-electron chi connectivity index (χ0n) is 22.7. The summed E-state index contributed by atoms with van der Waals surface area (Å²) in [5.74, 6) is -3.53. The van der Waals surface area contributed by atoms with Gasteiger partial charge < -0.3 is 29.4 Å². The van der Waals surface area contributed by atoms with Crippen LogP contribution in [0.2, 0.25) is 0 Å². The van der Waals surface area contributed by atoms with Crippen LogP contribution in [0.25, 0.3) is 10.9 Å². The zero-order chi connectivity index (χ0) is 30.8. The van der Waals surface area contributed by atoms with Crippen LogP contribution in [0.4, 0.5) is 27.6 Å². The van der Waals surface area contributed by atoms with E-state index < -0.39 is 47.6 Å². The number of hydrogen-bond acceptors (Lipinski definition) is 5. The Bertz CT molecular complexity index is 1560. The van der Waals surface area contributed by atoms with E-state index in [4.69, 9.17) is 4.74 Å². The first-order valence-electron chi connectivity index (χ1n) is 13.0. The molecule has 0 aliphatic carbocycles. The van der Waals surface area contributed by atoms with Crippen LogP contribution >= 0.6 is 0 Å². The van der Waals surface area contributed by atoms with Crippen molar-refractivity contribution in [2.45, 2.75) is 39.2 Å². The lowest BCUT2D eigenvalue weighted by Crippen LogP contribution is -2.37. The minimum atomic E-state index is -4.74. The number of aromatic hydroxyl groups is 1. The van der Waals surface area contributed by atoms with E-state index in [1.54, 1.807) is 4.90 Å². The van der Waals surface area contributed by atoms with Crippen molar-refractivity contribution >= 4 is 28.5 Å². The fraction of sp³-hybridized carbons (Fsp3) is 0.393. The van der Waals surface area contributed by atoms with Gasteiger partial charge in [-0.2, -0.15) is 0 Å². The number of anilines is 1. The van der Waals surface area contributed by atoms with Crippen LogP contribution in [0.1, 0.15) is 34.3 Å².